The zero-order valence-electron chi connectivity index (χ0n) is 12.6. The van der Waals surface area contributed by atoms with Gasteiger partial charge in [-0.3, -0.25) is 0 Å². The van der Waals surface area contributed by atoms with Crippen LogP contribution in [0, 0.1) is 6.92 Å². The van der Waals surface area contributed by atoms with E-state index < -0.39 is 0 Å². The van der Waals surface area contributed by atoms with Crippen molar-refractivity contribution in [3.63, 3.8) is 0 Å². The highest BCUT2D eigenvalue weighted by Gasteiger charge is 2.14. The highest BCUT2D eigenvalue weighted by atomic mass is 16.5. The maximum atomic E-state index is 5.37. The summed E-state index contributed by atoms with van der Waals surface area (Å²) < 4.78 is 5.37. The maximum Gasteiger partial charge on any atom is 0.226 e. The van der Waals surface area contributed by atoms with Gasteiger partial charge < -0.3 is 9.84 Å². The van der Waals surface area contributed by atoms with E-state index in [4.69, 9.17) is 4.52 Å². The summed E-state index contributed by atoms with van der Waals surface area (Å²) >= 11 is 0. The molecule has 0 amide bonds. The maximum absolute atomic E-state index is 5.37. The van der Waals surface area contributed by atoms with Crippen LogP contribution >= 0.6 is 0 Å². The molecule has 2 aromatic rings. The number of hydrogen-bond acceptors (Lipinski definition) is 4. The number of aromatic nitrogens is 2. The van der Waals surface area contributed by atoms with Gasteiger partial charge in [-0.1, -0.05) is 41.4 Å². The molecule has 1 aliphatic heterocycles. The van der Waals surface area contributed by atoms with Crippen LogP contribution in [0.15, 0.2) is 28.8 Å². The van der Waals surface area contributed by atoms with E-state index in [0.29, 0.717) is 6.04 Å². The highest BCUT2D eigenvalue weighted by Crippen LogP contribution is 2.14. The normalized spacial score (nSPS) is 18.8. The Kier molecular flexibility index (Phi) is 4.65. The van der Waals surface area contributed by atoms with Gasteiger partial charge in [0.2, 0.25) is 5.89 Å². The van der Waals surface area contributed by atoms with Crippen LogP contribution in [-0.2, 0) is 12.8 Å². The quantitative estimate of drug-likeness (QED) is 0.917. The Hall–Kier alpha value is -1.68. The van der Waals surface area contributed by atoms with Crippen LogP contribution in [-0.4, -0.2) is 22.7 Å². The van der Waals surface area contributed by atoms with Gasteiger partial charge in [0.15, 0.2) is 5.82 Å². The minimum atomic E-state index is 0.617. The van der Waals surface area contributed by atoms with Crippen molar-refractivity contribution in [2.45, 2.75) is 51.5 Å². The van der Waals surface area contributed by atoms with E-state index in [9.17, 15) is 0 Å². The molecule has 21 heavy (non-hydrogen) atoms. The Balaban J connectivity index is 1.53. The second kappa shape index (κ2) is 6.85. The summed E-state index contributed by atoms with van der Waals surface area (Å²) in [6.07, 6.45) is 6.61. The molecule has 0 aliphatic carbocycles. The minimum absolute atomic E-state index is 0.617. The molecule has 4 nitrogen and oxygen atoms in total. The summed E-state index contributed by atoms with van der Waals surface area (Å²) in [7, 11) is 0. The number of aryl methyl sites for hydroxylation is 2. The summed E-state index contributed by atoms with van der Waals surface area (Å²) in [4.78, 5) is 4.51. The number of rotatable bonds is 5. The lowest BCUT2D eigenvalue weighted by atomic mass is 10.0. The van der Waals surface area contributed by atoms with Crippen LogP contribution in [0.2, 0.25) is 0 Å². The van der Waals surface area contributed by atoms with Gasteiger partial charge in [0, 0.05) is 18.9 Å². The average molecular weight is 285 g/mol. The van der Waals surface area contributed by atoms with E-state index in [1.807, 2.05) is 0 Å². The monoisotopic (exact) mass is 285 g/mol. The molecule has 1 fully saturated rings. The predicted octanol–water partition coefficient (Wildman–Crippen LogP) is 3.04. The van der Waals surface area contributed by atoms with Crippen molar-refractivity contribution in [2.75, 3.05) is 6.54 Å². The standard InChI is InChI=1S/C17H23N3O/c1-13-5-4-6-14(11-13)12-16-19-17(21-20-16)9-8-15-7-2-3-10-18-15/h4-6,11,15,18H,2-3,7-10,12H2,1H3. The lowest BCUT2D eigenvalue weighted by Gasteiger charge is -2.22. The fourth-order valence-corrected chi connectivity index (χ4v) is 2.94. The fraction of sp³-hybridized carbons (Fsp3) is 0.529. The van der Waals surface area contributed by atoms with Gasteiger partial charge in [0.05, 0.1) is 0 Å². The molecule has 1 N–H and O–H groups in total. The number of piperidine rings is 1. The Morgan fingerprint density at radius 3 is 3.10 bits per heavy atom. The van der Waals surface area contributed by atoms with Crippen LogP contribution in [0.4, 0.5) is 0 Å². The van der Waals surface area contributed by atoms with Gasteiger partial charge in [-0.15, -0.1) is 0 Å². The molecule has 1 atom stereocenters. The first-order chi connectivity index (χ1) is 10.3. The smallest absolute Gasteiger partial charge is 0.226 e. The van der Waals surface area contributed by atoms with Gasteiger partial charge in [-0.05, 0) is 38.3 Å². The van der Waals surface area contributed by atoms with Crippen LogP contribution in [0.25, 0.3) is 0 Å². The molecule has 1 unspecified atom stereocenters. The van der Waals surface area contributed by atoms with Gasteiger partial charge >= 0.3 is 0 Å². The molecule has 0 spiro atoms. The van der Waals surface area contributed by atoms with E-state index in [1.165, 1.54) is 30.4 Å². The minimum Gasteiger partial charge on any atom is -0.339 e. The Morgan fingerprint density at radius 2 is 2.29 bits per heavy atom. The first-order valence-corrected chi connectivity index (χ1v) is 7.90. The third kappa shape index (κ3) is 4.14. The number of nitrogens with zero attached hydrogens (tertiary/aromatic N) is 2. The molecule has 3 rings (SSSR count). The molecule has 4 heteroatoms. The summed E-state index contributed by atoms with van der Waals surface area (Å²) in [5.41, 5.74) is 2.50. The molecule has 2 heterocycles. The van der Waals surface area contributed by atoms with Crippen molar-refractivity contribution in [2.24, 2.45) is 0 Å². The lowest BCUT2D eigenvalue weighted by molar-refractivity contribution is 0.341. The molecule has 0 saturated carbocycles. The van der Waals surface area contributed by atoms with Crippen molar-refractivity contribution >= 4 is 0 Å². The molecular weight excluding hydrogens is 262 g/mol. The Labute approximate surface area is 126 Å². The third-order valence-corrected chi connectivity index (χ3v) is 4.07. The molecule has 112 valence electrons. The van der Waals surface area contributed by atoms with Crippen molar-refractivity contribution in [3.8, 4) is 0 Å². The first kappa shape index (κ1) is 14.3. The van der Waals surface area contributed by atoms with Crippen LogP contribution < -0.4 is 5.32 Å². The van der Waals surface area contributed by atoms with Gasteiger partial charge in [0.25, 0.3) is 0 Å². The molecule has 1 aromatic heterocycles. The lowest BCUT2D eigenvalue weighted by Crippen LogP contribution is -2.34. The summed E-state index contributed by atoms with van der Waals surface area (Å²) in [6, 6.07) is 9.06. The van der Waals surface area contributed by atoms with Crippen molar-refractivity contribution in [1.82, 2.24) is 15.5 Å². The SMILES string of the molecule is Cc1cccc(Cc2noc(CCC3CCCCN3)n2)c1. The predicted molar refractivity (Wildman–Crippen MR) is 82.2 cm³/mol. The largest absolute Gasteiger partial charge is 0.339 e. The summed E-state index contributed by atoms with van der Waals surface area (Å²) in [5.74, 6) is 1.55. The fourth-order valence-electron chi connectivity index (χ4n) is 2.94. The van der Waals surface area contributed by atoms with E-state index in [0.717, 1.165) is 37.5 Å². The van der Waals surface area contributed by atoms with Crippen molar-refractivity contribution in [3.05, 3.63) is 47.1 Å². The highest BCUT2D eigenvalue weighted by molar-refractivity contribution is 5.24. The van der Waals surface area contributed by atoms with E-state index in [2.05, 4.69) is 46.6 Å². The Bertz CT molecular complexity index is 573. The Morgan fingerprint density at radius 1 is 1.33 bits per heavy atom. The zero-order chi connectivity index (χ0) is 14.5. The van der Waals surface area contributed by atoms with E-state index in [-0.39, 0.29) is 0 Å². The van der Waals surface area contributed by atoms with Crippen LogP contribution in [0.3, 0.4) is 0 Å². The van der Waals surface area contributed by atoms with E-state index >= 15 is 0 Å². The summed E-state index contributed by atoms with van der Waals surface area (Å²) in [6.45, 7) is 3.25. The molecule has 1 aromatic carbocycles. The van der Waals surface area contributed by atoms with Crippen LogP contribution in [0.5, 0.6) is 0 Å². The van der Waals surface area contributed by atoms with E-state index in [1.54, 1.807) is 0 Å². The van der Waals surface area contributed by atoms with Gasteiger partial charge in [0.1, 0.15) is 0 Å². The van der Waals surface area contributed by atoms with Gasteiger partial charge in [-0.25, -0.2) is 0 Å². The van der Waals surface area contributed by atoms with Crippen LogP contribution in [0.1, 0.15) is 48.5 Å². The summed E-state index contributed by atoms with van der Waals surface area (Å²) in [5, 5.41) is 7.65. The zero-order valence-corrected chi connectivity index (χ0v) is 12.6. The first-order valence-electron chi connectivity index (χ1n) is 7.90. The second-order valence-electron chi connectivity index (χ2n) is 5.96. The third-order valence-electron chi connectivity index (χ3n) is 4.07. The van der Waals surface area contributed by atoms with Crippen molar-refractivity contribution < 1.29 is 4.52 Å². The molecule has 1 aliphatic rings. The van der Waals surface area contributed by atoms with Crippen molar-refractivity contribution in [1.29, 1.82) is 0 Å². The van der Waals surface area contributed by atoms with Gasteiger partial charge in [-0.2, -0.15) is 4.98 Å². The number of benzene rings is 1. The second-order valence-corrected chi connectivity index (χ2v) is 5.96. The molecule has 0 radical (unpaired) electrons. The average Bonchev–Trinajstić information content (AvgIpc) is 2.94. The number of nitrogens with one attached hydrogen (secondary N) is 1. The molecule has 1 saturated heterocycles. The molecule has 0 bridgehead atoms. The topological polar surface area (TPSA) is 51.0 Å². The molecular formula is C17H23N3O. The number of hydrogen-bond donors (Lipinski definition) is 1.